The molecule has 0 unspecified atom stereocenters. The van der Waals surface area contributed by atoms with Crippen LogP contribution in [0.3, 0.4) is 0 Å². The average Bonchev–Trinajstić information content (AvgIpc) is 2.33. The van der Waals surface area contributed by atoms with Crippen LogP contribution in [0.25, 0.3) is 0 Å². The van der Waals surface area contributed by atoms with Gasteiger partial charge in [0.2, 0.25) is 0 Å². The molecular formula is C12H24NO3+. The number of esters is 1. The molecule has 0 fully saturated rings. The van der Waals surface area contributed by atoms with Crippen LogP contribution in [0, 0.1) is 0 Å². The molecule has 0 aliphatic heterocycles. The van der Waals surface area contributed by atoms with Gasteiger partial charge in [-0.2, -0.15) is 0 Å². The van der Waals surface area contributed by atoms with Gasteiger partial charge in [-0.15, -0.1) is 0 Å². The van der Waals surface area contributed by atoms with Crippen LogP contribution in [0.15, 0.2) is 12.7 Å². The smallest absolute Gasteiger partial charge is 0.330 e. The average molecular weight is 230 g/mol. The first-order valence-electron chi connectivity index (χ1n) is 5.89. The van der Waals surface area contributed by atoms with Gasteiger partial charge in [0.25, 0.3) is 0 Å². The van der Waals surface area contributed by atoms with Gasteiger partial charge in [0.15, 0.2) is 0 Å². The molecular weight excluding hydrogens is 206 g/mol. The highest BCUT2D eigenvalue weighted by Gasteiger charge is 2.22. The minimum atomic E-state index is -0.368. The van der Waals surface area contributed by atoms with Crippen molar-refractivity contribution in [2.75, 3.05) is 39.4 Å². The Bertz CT molecular complexity index is 212. The number of carbonyl (C=O) groups is 1. The molecule has 0 bridgehead atoms. The maximum absolute atomic E-state index is 10.9. The Labute approximate surface area is 98.1 Å². The minimum absolute atomic E-state index is 0.215. The number of hydrogen-bond donors (Lipinski definition) is 1. The van der Waals surface area contributed by atoms with Gasteiger partial charge >= 0.3 is 5.97 Å². The number of rotatable bonds is 9. The third-order valence-corrected chi connectivity index (χ3v) is 3.11. The van der Waals surface area contributed by atoms with Crippen LogP contribution in [-0.4, -0.2) is 55.0 Å². The van der Waals surface area contributed by atoms with Gasteiger partial charge in [0, 0.05) is 19.1 Å². The predicted octanol–water partition coefficient (Wildman–Crippen LogP) is 0.955. The van der Waals surface area contributed by atoms with E-state index in [1.165, 1.54) is 6.08 Å². The van der Waals surface area contributed by atoms with E-state index < -0.39 is 0 Å². The number of nitrogens with zero attached hydrogens (tertiary/aromatic N) is 1. The van der Waals surface area contributed by atoms with Gasteiger partial charge in [-0.1, -0.05) is 6.58 Å². The first-order chi connectivity index (χ1) is 7.64. The normalized spacial score (nSPS) is 11.2. The van der Waals surface area contributed by atoms with E-state index in [0.717, 1.165) is 37.1 Å². The van der Waals surface area contributed by atoms with Gasteiger partial charge in [0.05, 0.1) is 19.6 Å². The van der Waals surface area contributed by atoms with Crippen molar-refractivity contribution in [3.63, 3.8) is 0 Å². The highest BCUT2D eigenvalue weighted by Crippen LogP contribution is 2.07. The lowest BCUT2D eigenvalue weighted by atomic mass is 10.3. The van der Waals surface area contributed by atoms with Crippen molar-refractivity contribution in [3.8, 4) is 0 Å². The molecule has 4 heteroatoms. The molecule has 94 valence electrons. The van der Waals surface area contributed by atoms with E-state index in [-0.39, 0.29) is 12.6 Å². The number of carbonyl (C=O) groups excluding carboxylic acids is 1. The summed E-state index contributed by atoms with van der Waals surface area (Å²) < 4.78 is 5.88. The van der Waals surface area contributed by atoms with Crippen molar-refractivity contribution in [1.29, 1.82) is 0 Å². The zero-order chi connectivity index (χ0) is 12.4. The van der Waals surface area contributed by atoms with Crippen molar-refractivity contribution >= 4 is 5.97 Å². The molecule has 0 aliphatic carbocycles. The third kappa shape index (κ3) is 5.28. The summed E-state index contributed by atoms with van der Waals surface area (Å²) in [5.41, 5.74) is 0. The van der Waals surface area contributed by atoms with Crippen LogP contribution in [0.4, 0.5) is 0 Å². The van der Waals surface area contributed by atoms with E-state index in [0.29, 0.717) is 6.61 Å². The second kappa shape index (κ2) is 8.30. The van der Waals surface area contributed by atoms with E-state index >= 15 is 0 Å². The summed E-state index contributed by atoms with van der Waals surface area (Å²) in [7, 11) is 0. The summed E-state index contributed by atoms with van der Waals surface area (Å²) in [6, 6.07) is 0. The summed E-state index contributed by atoms with van der Waals surface area (Å²) in [6.07, 6.45) is 1.97. The number of likely N-dealkylation sites (N-methyl/N-ethyl adjacent to an activating group) is 1. The summed E-state index contributed by atoms with van der Waals surface area (Å²) in [6.45, 7) is 11.9. The van der Waals surface area contributed by atoms with Crippen LogP contribution in [0.1, 0.15) is 20.3 Å². The molecule has 0 atom stereocenters. The van der Waals surface area contributed by atoms with E-state index in [2.05, 4.69) is 20.4 Å². The molecule has 0 aliphatic rings. The largest absolute Gasteiger partial charge is 0.457 e. The molecule has 0 aromatic carbocycles. The fourth-order valence-corrected chi connectivity index (χ4v) is 1.77. The lowest BCUT2D eigenvalue weighted by molar-refractivity contribution is -0.925. The Kier molecular flexibility index (Phi) is 7.85. The van der Waals surface area contributed by atoms with E-state index in [4.69, 9.17) is 9.84 Å². The summed E-state index contributed by atoms with van der Waals surface area (Å²) in [5, 5.41) is 8.86. The second-order valence-electron chi connectivity index (χ2n) is 3.87. The zero-order valence-electron chi connectivity index (χ0n) is 10.4. The SMILES string of the molecule is C=CC(=O)OCC[N+](CC)(CC)CCCO. The van der Waals surface area contributed by atoms with Crippen LogP contribution in [0.5, 0.6) is 0 Å². The van der Waals surface area contributed by atoms with E-state index in [9.17, 15) is 4.79 Å². The van der Waals surface area contributed by atoms with Crippen LogP contribution < -0.4 is 0 Å². The molecule has 16 heavy (non-hydrogen) atoms. The number of aliphatic hydroxyl groups is 1. The van der Waals surface area contributed by atoms with Gasteiger partial charge in [0.1, 0.15) is 13.2 Å². The fourth-order valence-electron chi connectivity index (χ4n) is 1.77. The molecule has 0 aromatic rings. The highest BCUT2D eigenvalue weighted by molar-refractivity contribution is 5.81. The first-order valence-corrected chi connectivity index (χ1v) is 5.89. The Morgan fingerprint density at radius 3 is 2.44 bits per heavy atom. The molecule has 4 nitrogen and oxygen atoms in total. The molecule has 0 radical (unpaired) electrons. The molecule has 0 saturated carbocycles. The second-order valence-corrected chi connectivity index (χ2v) is 3.87. The Morgan fingerprint density at radius 2 is 2.00 bits per heavy atom. The molecule has 0 saturated heterocycles. The Hall–Kier alpha value is -0.870. The van der Waals surface area contributed by atoms with Crippen LogP contribution >= 0.6 is 0 Å². The van der Waals surface area contributed by atoms with E-state index in [1.54, 1.807) is 0 Å². The molecule has 0 spiro atoms. The van der Waals surface area contributed by atoms with Crippen molar-refractivity contribution in [2.45, 2.75) is 20.3 Å². The monoisotopic (exact) mass is 230 g/mol. The molecule has 1 N–H and O–H groups in total. The van der Waals surface area contributed by atoms with Gasteiger partial charge in [-0.25, -0.2) is 4.79 Å². The quantitative estimate of drug-likeness (QED) is 0.364. The zero-order valence-corrected chi connectivity index (χ0v) is 10.4. The molecule has 0 rings (SSSR count). The molecule has 0 amide bonds. The number of aliphatic hydroxyl groups excluding tert-OH is 1. The predicted molar refractivity (Wildman–Crippen MR) is 63.9 cm³/mol. The van der Waals surface area contributed by atoms with Gasteiger partial charge < -0.3 is 14.3 Å². The first kappa shape index (κ1) is 15.1. The van der Waals surface area contributed by atoms with Crippen molar-refractivity contribution in [1.82, 2.24) is 0 Å². The fraction of sp³-hybridized carbons (Fsp3) is 0.750. The Morgan fingerprint density at radius 1 is 1.38 bits per heavy atom. The topological polar surface area (TPSA) is 46.5 Å². The summed E-state index contributed by atoms with van der Waals surface area (Å²) >= 11 is 0. The molecule has 0 aromatic heterocycles. The van der Waals surface area contributed by atoms with Gasteiger partial charge in [-0.05, 0) is 13.8 Å². The summed E-state index contributed by atoms with van der Waals surface area (Å²) in [4.78, 5) is 10.9. The third-order valence-electron chi connectivity index (χ3n) is 3.11. The van der Waals surface area contributed by atoms with Crippen LogP contribution in [-0.2, 0) is 9.53 Å². The maximum Gasteiger partial charge on any atom is 0.330 e. The lowest BCUT2D eigenvalue weighted by Crippen LogP contribution is -2.50. The lowest BCUT2D eigenvalue weighted by Gasteiger charge is -2.36. The summed E-state index contributed by atoms with van der Waals surface area (Å²) in [5.74, 6) is -0.368. The van der Waals surface area contributed by atoms with Gasteiger partial charge in [-0.3, -0.25) is 0 Å². The molecule has 0 heterocycles. The Balaban J connectivity index is 4.09. The number of ether oxygens (including phenoxy) is 1. The maximum atomic E-state index is 10.9. The number of hydrogen-bond acceptors (Lipinski definition) is 3. The van der Waals surface area contributed by atoms with E-state index in [1.807, 2.05) is 0 Å². The van der Waals surface area contributed by atoms with Crippen molar-refractivity contribution in [3.05, 3.63) is 12.7 Å². The van der Waals surface area contributed by atoms with Crippen molar-refractivity contribution < 1.29 is 19.1 Å². The van der Waals surface area contributed by atoms with Crippen molar-refractivity contribution in [2.24, 2.45) is 0 Å². The van der Waals surface area contributed by atoms with Crippen LogP contribution in [0.2, 0.25) is 0 Å². The standard InChI is InChI=1S/C12H24NO3/c1-4-12(15)16-11-9-13(5-2,6-3)8-7-10-14/h4,14H,1,5-11H2,2-3H3/q+1. The minimum Gasteiger partial charge on any atom is -0.457 e. The number of quaternary nitrogens is 1. The highest BCUT2D eigenvalue weighted by atomic mass is 16.5.